The van der Waals surface area contributed by atoms with Crippen LogP contribution in [-0.4, -0.2) is 39.9 Å². The summed E-state index contributed by atoms with van der Waals surface area (Å²) in [4.78, 5) is 24.5. The number of carbonyl (C=O) groups is 2. The quantitative estimate of drug-likeness (QED) is 0.644. The van der Waals surface area contributed by atoms with E-state index in [0.29, 0.717) is 0 Å². The molecule has 1 aromatic rings. The van der Waals surface area contributed by atoms with Crippen LogP contribution in [0.15, 0.2) is 30.3 Å². The van der Waals surface area contributed by atoms with E-state index >= 15 is 0 Å². The largest absolute Gasteiger partial charge is 0.354 e. The maximum Gasteiger partial charge on any atom is 0.354 e. The van der Waals surface area contributed by atoms with E-state index < -0.39 is 18.2 Å². The molecule has 3 amide bonds. The molecule has 1 unspecified atom stereocenters. The molecule has 0 radical (unpaired) electrons. The number of rotatable bonds is 4. The van der Waals surface area contributed by atoms with Crippen molar-refractivity contribution in [2.75, 3.05) is 6.61 Å². The van der Waals surface area contributed by atoms with Crippen LogP contribution in [0.25, 0.3) is 0 Å². The van der Waals surface area contributed by atoms with Crippen LogP contribution >= 0.6 is 0 Å². The fourth-order valence-electron chi connectivity index (χ4n) is 1.80. The molecule has 1 atom stereocenters. The second-order valence-electron chi connectivity index (χ2n) is 3.85. The molecule has 6 nitrogen and oxygen atoms in total. The van der Waals surface area contributed by atoms with E-state index in [-0.39, 0.29) is 18.2 Å². The van der Waals surface area contributed by atoms with E-state index in [2.05, 4.69) is 0 Å². The second-order valence-corrected chi connectivity index (χ2v) is 3.85. The maximum absolute atomic E-state index is 11.7. The van der Waals surface area contributed by atoms with E-state index in [1.165, 1.54) is 4.90 Å². The Balaban J connectivity index is 2.19. The molecule has 96 valence electrons. The SMILES string of the molecule is CCOC1C(=O)N(O)C(=O)N1Cc1ccccc1. The molecule has 1 saturated heterocycles. The normalized spacial score (nSPS) is 19.8. The molecule has 0 aromatic heterocycles. The summed E-state index contributed by atoms with van der Waals surface area (Å²) in [5.74, 6) is -0.752. The number of carbonyl (C=O) groups excluding carboxylic acids is 2. The highest BCUT2D eigenvalue weighted by atomic mass is 16.6. The Labute approximate surface area is 104 Å². The van der Waals surface area contributed by atoms with Gasteiger partial charge in [0.1, 0.15) is 0 Å². The first-order chi connectivity index (χ1) is 8.65. The summed E-state index contributed by atoms with van der Waals surface area (Å²) >= 11 is 0. The molecule has 1 aliphatic heterocycles. The van der Waals surface area contributed by atoms with Gasteiger partial charge in [-0.2, -0.15) is 0 Å². The van der Waals surface area contributed by atoms with Crippen molar-refractivity contribution < 1.29 is 19.5 Å². The van der Waals surface area contributed by atoms with Gasteiger partial charge in [0.15, 0.2) is 0 Å². The number of hydroxylamine groups is 2. The molecule has 1 aliphatic rings. The first-order valence-electron chi connectivity index (χ1n) is 5.64. The zero-order valence-corrected chi connectivity index (χ0v) is 9.94. The number of hydrogen-bond acceptors (Lipinski definition) is 4. The van der Waals surface area contributed by atoms with Gasteiger partial charge in [-0.05, 0) is 12.5 Å². The number of ether oxygens (including phenoxy) is 1. The third-order valence-corrected chi connectivity index (χ3v) is 2.65. The standard InChI is InChI=1S/C12H14N2O4/c1-2-18-11-10(15)14(17)12(16)13(11)8-9-6-4-3-5-7-9/h3-7,11,17H,2,8H2,1H3. The van der Waals surface area contributed by atoms with Crippen molar-refractivity contribution in [3.05, 3.63) is 35.9 Å². The number of benzene rings is 1. The van der Waals surface area contributed by atoms with E-state index in [1.807, 2.05) is 30.3 Å². The highest BCUT2D eigenvalue weighted by molar-refractivity contribution is 6.01. The van der Waals surface area contributed by atoms with Crippen molar-refractivity contribution in [2.24, 2.45) is 0 Å². The minimum atomic E-state index is -1.05. The maximum atomic E-state index is 11.7. The number of hydrogen-bond donors (Lipinski definition) is 1. The Kier molecular flexibility index (Phi) is 3.59. The molecular formula is C12H14N2O4. The van der Waals surface area contributed by atoms with Gasteiger partial charge in [-0.15, -0.1) is 5.06 Å². The zero-order valence-electron chi connectivity index (χ0n) is 9.94. The van der Waals surface area contributed by atoms with Crippen LogP contribution < -0.4 is 0 Å². The van der Waals surface area contributed by atoms with Gasteiger partial charge in [-0.25, -0.2) is 4.79 Å². The van der Waals surface area contributed by atoms with Gasteiger partial charge in [-0.1, -0.05) is 30.3 Å². The van der Waals surface area contributed by atoms with Crippen molar-refractivity contribution in [3.8, 4) is 0 Å². The molecule has 1 fully saturated rings. The monoisotopic (exact) mass is 250 g/mol. The Morgan fingerprint density at radius 1 is 1.28 bits per heavy atom. The lowest BCUT2D eigenvalue weighted by Gasteiger charge is -2.20. The van der Waals surface area contributed by atoms with Gasteiger partial charge in [0.2, 0.25) is 6.23 Å². The molecule has 0 saturated carbocycles. The average molecular weight is 250 g/mol. The number of amides is 3. The Morgan fingerprint density at radius 3 is 2.56 bits per heavy atom. The summed E-state index contributed by atoms with van der Waals surface area (Å²) in [5.41, 5.74) is 0.860. The number of urea groups is 1. The first-order valence-corrected chi connectivity index (χ1v) is 5.64. The molecule has 1 heterocycles. The zero-order chi connectivity index (χ0) is 13.1. The molecule has 0 aliphatic carbocycles. The Bertz CT molecular complexity index is 449. The number of nitrogens with zero attached hydrogens (tertiary/aromatic N) is 2. The van der Waals surface area contributed by atoms with Crippen LogP contribution in [0.3, 0.4) is 0 Å². The Morgan fingerprint density at radius 2 is 1.94 bits per heavy atom. The van der Waals surface area contributed by atoms with Gasteiger partial charge in [-0.3, -0.25) is 14.9 Å². The predicted molar refractivity (Wildman–Crippen MR) is 61.4 cm³/mol. The van der Waals surface area contributed by atoms with E-state index in [9.17, 15) is 14.8 Å². The van der Waals surface area contributed by atoms with Crippen LogP contribution in [0.2, 0.25) is 0 Å². The van der Waals surface area contributed by atoms with E-state index in [4.69, 9.17) is 4.74 Å². The fourth-order valence-corrected chi connectivity index (χ4v) is 1.80. The third-order valence-electron chi connectivity index (χ3n) is 2.65. The number of imide groups is 1. The van der Waals surface area contributed by atoms with Gasteiger partial charge >= 0.3 is 11.9 Å². The van der Waals surface area contributed by atoms with Crippen LogP contribution in [0.5, 0.6) is 0 Å². The summed E-state index contributed by atoms with van der Waals surface area (Å²) in [7, 11) is 0. The Hall–Kier alpha value is -1.92. The lowest BCUT2D eigenvalue weighted by atomic mass is 10.2. The van der Waals surface area contributed by atoms with Gasteiger partial charge in [0.25, 0.3) is 0 Å². The average Bonchev–Trinajstić information content (AvgIpc) is 2.58. The summed E-state index contributed by atoms with van der Waals surface area (Å²) < 4.78 is 5.19. The highest BCUT2D eigenvalue weighted by Gasteiger charge is 2.45. The lowest BCUT2D eigenvalue weighted by molar-refractivity contribution is -0.159. The van der Waals surface area contributed by atoms with Crippen molar-refractivity contribution in [2.45, 2.75) is 19.7 Å². The topological polar surface area (TPSA) is 70.1 Å². The van der Waals surface area contributed by atoms with Crippen LogP contribution in [0.4, 0.5) is 4.79 Å². The van der Waals surface area contributed by atoms with Crippen molar-refractivity contribution in [1.82, 2.24) is 9.96 Å². The van der Waals surface area contributed by atoms with Crippen LogP contribution in [-0.2, 0) is 16.1 Å². The predicted octanol–water partition coefficient (Wildman–Crippen LogP) is 1.20. The summed E-state index contributed by atoms with van der Waals surface area (Å²) in [5, 5.41) is 9.42. The summed E-state index contributed by atoms with van der Waals surface area (Å²) in [6.07, 6.45) is -1.05. The van der Waals surface area contributed by atoms with Crippen molar-refractivity contribution >= 4 is 11.9 Å². The minimum Gasteiger partial charge on any atom is -0.350 e. The molecule has 2 rings (SSSR count). The molecular weight excluding hydrogens is 236 g/mol. The lowest BCUT2D eigenvalue weighted by Crippen LogP contribution is -2.36. The molecule has 1 aromatic carbocycles. The molecule has 18 heavy (non-hydrogen) atoms. The fraction of sp³-hybridized carbons (Fsp3) is 0.333. The first kappa shape index (κ1) is 12.5. The molecule has 6 heteroatoms. The van der Waals surface area contributed by atoms with Gasteiger partial charge in [0.05, 0.1) is 6.54 Å². The highest BCUT2D eigenvalue weighted by Crippen LogP contribution is 2.19. The van der Waals surface area contributed by atoms with Crippen molar-refractivity contribution in [1.29, 1.82) is 0 Å². The molecule has 0 spiro atoms. The van der Waals surface area contributed by atoms with Gasteiger partial charge in [0, 0.05) is 6.61 Å². The van der Waals surface area contributed by atoms with E-state index in [0.717, 1.165) is 5.56 Å². The molecule has 0 bridgehead atoms. The van der Waals surface area contributed by atoms with Crippen molar-refractivity contribution in [3.63, 3.8) is 0 Å². The molecule has 1 N–H and O–H groups in total. The smallest absolute Gasteiger partial charge is 0.350 e. The third kappa shape index (κ3) is 2.20. The van der Waals surface area contributed by atoms with Crippen LogP contribution in [0, 0.1) is 0 Å². The van der Waals surface area contributed by atoms with Crippen LogP contribution in [0.1, 0.15) is 12.5 Å². The van der Waals surface area contributed by atoms with E-state index in [1.54, 1.807) is 6.92 Å². The second kappa shape index (κ2) is 5.16. The van der Waals surface area contributed by atoms with Gasteiger partial charge < -0.3 is 4.74 Å². The summed E-state index contributed by atoms with van der Waals surface area (Å²) in [6, 6.07) is 8.44. The summed E-state index contributed by atoms with van der Waals surface area (Å²) in [6.45, 7) is 2.22. The minimum absolute atomic E-state index is 0.100.